The van der Waals surface area contributed by atoms with Gasteiger partial charge in [0, 0.05) is 36.8 Å². The zero-order valence-electron chi connectivity index (χ0n) is 18.2. The third kappa shape index (κ3) is 4.25. The average molecular weight is 441 g/mol. The van der Waals surface area contributed by atoms with Crippen LogP contribution in [-0.4, -0.2) is 25.8 Å². The van der Waals surface area contributed by atoms with Crippen LogP contribution in [0, 0.1) is 20.8 Å². The highest BCUT2D eigenvalue weighted by Gasteiger charge is 2.26. The van der Waals surface area contributed by atoms with Crippen molar-refractivity contribution in [2.24, 2.45) is 0 Å². The summed E-state index contributed by atoms with van der Waals surface area (Å²) in [6, 6.07) is 10.7. The average Bonchev–Trinajstić information content (AvgIpc) is 2.76. The summed E-state index contributed by atoms with van der Waals surface area (Å²) in [5.74, 6) is 0. The number of sulfonamides is 1. The molecular weight excluding hydrogens is 412 g/mol. The second-order valence-electron chi connectivity index (χ2n) is 8.27. The van der Waals surface area contributed by atoms with E-state index in [4.69, 9.17) is 4.42 Å². The van der Waals surface area contributed by atoms with E-state index in [2.05, 4.69) is 5.32 Å². The second kappa shape index (κ2) is 8.48. The van der Waals surface area contributed by atoms with Gasteiger partial charge in [-0.05, 0) is 68.0 Å². The molecule has 1 N–H and O–H groups in total. The van der Waals surface area contributed by atoms with Crippen LogP contribution in [0.15, 0.2) is 50.5 Å². The largest absolute Gasteiger partial charge is 0.422 e. The van der Waals surface area contributed by atoms with Gasteiger partial charge in [-0.25, -0.2) is 13.2 Å². The number of rotatable bonds is 5. The summed E-state index contributed by atoms with van der Waals surface area (Å²) in [7, 11) is -3.51. The van der Waals surface area contributed by atoms with Gasteiger partial charge in [-0.15, -0.1) is 0 Å². The summed E-state index contributed by atoms with van der Waals surface area (Å²) < 4.78 is 33.1. The summed E-state index contributed by atoms with van der Waals surface area (Å²) in [5, 5.41) is 4.21. The normalized spacial score (nSPS) is 15.3. The Morgan fingerprint density at radius 3 is 2.42 bits per heavy atom. The molecule has 0 unspecified atom stereocenters. The van der Waals surface area contributed by atoms with Gasteiger partial charge in [0.25, 0.3) is 0 Å². The van der Waals surface area contributed by atoms with Crippen molar-refractivity contribution in [2.75, 3.05) is 18.4 Å². The molecular formula is C24H28N2O4S. The number of hydrogen-bond donors (Lipinski definition) is 1. The first-order valence-electron chi connectivity index (χ1n) is 10.6. The number of nitrogens with zero attached hydrogens (tertiary/aromatic N) is 1. The van der Waals surface area contributed by atoms with Gasteiger partial charge in [0.05, 0.1) is 4.90 Å². The number of nitrogens with one attached hydrogen (secondary N) is 1. The van der Waals surface area contributed by atoms with Crippen LogP contribution in [-0.2, 0) is 16.6 Å². The van der Waals surface area contributed by atoms with Gasteiger partial charge in [-0.2, -0.15) is 4.31 Å². The van der Waals surface area contributed by atoms with Gasteiger partial charge in [0.1, 0.15) is 5.58 Å². The van der Waals surface area contributed by atoms with Gasteiger partial charge in [-0.1, -0.05) is 24.6 Å². The van der Waals surface area contributed by atoms with Crippen LogP contribution >= 0.6 is 0 Å². The molecule has 3 aromatic rings. The first-order valence-corrected chi connectivity index (χ1v) is 12.1. The minimum Gasteiger partial charge on any atom is -0.422 e. The van der Waals surface area contributed by atoms with Crippen molar-refractivity contribution >= 4 is 26.7 Å². The minimum absolute atomic E-state index is 0.298. The number of aryl methyl sites for hydroxylation is 3. The molecule has 0 atom stereocenters. The lowest BCUT2D eigenvalue weighted by Gasteiger charge is -2.26. The molecule has 6 nitrogen and oxygen atoms in total. The van der Waals surface area contributed by atoms with E-state index >= 15 is 0 Å². The third-order valence-corrected chi connectivity index (χ3v) is 8.04. The van der Waals surface area contributed by atoms with E-state index in [9.17, 15) is 13.2 Å². The molecule has 0 saturated carbocycles. The van der Waals surface area contributed by atoms with Crippen molar-refractivity contribution in [3.63, 3.8) is 0 Å². The molecule has 164 valence electrons. The summed E-state index contributed by atoms with van der Waals surface area (Å²) in [6.07, 6.45) is 2.88. The zero-order valence-corrected chi connectivity index (χ0v) is 19.0. The Balaban J connectivity index is 1.65. The number of anilines is 1. The molecule has 31 heavy (non-hydrogen) atoms. The Morgan fingerprint density at radius 2 is 1.68 bits per heavy atom. The molecule has 2 aromatic carbocycles. The van der Waals surface area contributed by atoms with Gasteiger partial charge in [-0.3, -0.25) is 0 Å². The molecule has 0 spiro atoms. The van der Waals surface area contributed by atoms with Gasteiger partial charge in [0.2, 0.25) is 10.0 Å². The van der Waals surface area contributed by atoms with E-state index < -0.39 is 15.6 Å². The first-order chi connectivity index (χ1) is 14.8. The Morgan fingerprint density at radius 1 is 0.968 bits per heavy atom. The summed E-state index contributed by atoms with van der Waals surface area (Å²) >= 11 is 0. The maximum atomic E-state index is 13.1. The highest BCUT2D eigenvalue weighted by atomic mass is 32.2. The molecule has 1 aliphatic heterocycles. The van der Waals surface area contributed by atoms with Crippen LogP contribution < -0.4 is 10.9 Å². The van der Waals surface area contributed by atoms with Crippen molar-refractivity contribution in [3.8, 4) is 0 Å². The predicted octanol–water partition coefficient (Wildman–Crippen LogP) is 4.50. The first kappa shape index (κ1) is 21.6. The molecule has 1 saturated heterocycles. The van der Waals surface area contributed by atoms with E-state index in [1.807, 2.05) is 39.0 Å². The van der Waals surface area contributed by atoms with Crippen molar-refractivity contribution < 1.29 is 12.8 Å². The molecule has 2 heterocycles. The van der Waals surface area contributed by atoms with Gasteiger partial charge in [0.15, 0.2) is 0 Å². The maximum Gasteiger partial charge on any atom is 0.336 e. The Hall–Kier alpha value is -2.64. The standard InChI is InChI=1S/C24H28N2O4S/c1-16-8-10-21-19(13-23(27)30-24(21)18(16)3)15-25-22-14-20(9-7-17(22)2)31(28,29)26-11-5-4-6-12-26/h7-10,13-14,25H,4-6,11-12,15H2,1-3H3. The van der Waals surface area contributed by atoms with E-state index in [-0.39, 0.29) is 0 Å². The fourth-order valence-electron chi connectivity index (χ4n) is 4.07. The Labute approximate surface area is 182 Å². The van der Waals surface area contributed by atoms with Crippen molar-refractivity contribution in [3.05, 3.63) is 69.1 Å². The van der Waals surface area contributed by atoms with E-state index in [1.54, 1.807) is 16.4 Å². The fourth-order valence-corrected chi connectivity index (χ4v) is 5.61. The van der Waals surface area contributed by atoms with Crippen LogP contribution in [0.2, 0.25) is 0 Å². The maximum absolute atomic E-state index is 13.1. The second-order valence-corrected chi connectivity index (χ2v) is 10.2. The van der Waals surface area contributed by atoms with E-state index in [0.717, 1.165) is 52.6 Å². The molecule has 1 aliphatic rings. The zero-order chi connectivity index (χ0) is 22.2. The molecule has 0 radical (unpaired) electrons. The van der Waals surface area contributed by atoms with Crippen molar-refractivity contribution in [1.82, 2.24) is 4.31 Å². The molecule has 1 fully saturated rings. The van der Waals surface area contributed by atoms with Crippen LogP contribution in [0.5, 0.6) is 0 Å². The van der Waals surface area contributed by atoms with Crippen molar-refractivity contribution in [1.29, 1.82) is 0 Å². The van der Waals surface area contributed by atoms with E-state index in [1.165, 1.54) is 6.07 Å². The number of hydrogen-bond acceptors (Lipinski definition) is 5. The Bertz CT molecular complexity index is 1290. The molecule has 4 rings (SSSR count). The lowest BCUT2D eigenvalue weighted by atomic mass is 10.0. The molecule has 1 aromatic heterocycles. The molecule has 0 aliphatic carbocycles. The highest BCUT2D eigenvalue weighted by Crippen LogP contribution is 2.27. The van der Waals surface area contributed by atoms with E-state index in [0.29, 0.717) is 30.1 Å². The highest BCUT2D eigenvalue weighted by molar-refractivity contribution is 7.89. The minimum atomic E-state index is -3.51. The molecule has 7 heteroatoms. The topological polar surface area (TPSA) is 79.6 Å². The van der Waals surface area contributed by atoms with Gasteiger partial charge >= 0.3 is 5.63 Å². The number of benzene rings is 2. The fraction of sp³-hybridized carbons (Fsp3) is 0.375. The predicted molar refractivity (Wildman–Crippen MR) is 123 cm³/mol. The lowest BCUT2D eigenvalue weighted by Crippen LogP contribution is -2.35. The van der Waals surface area contributed by atoms with Crippen LogP contribution in [0.1, 0.15) is 41.5 Å². The molecule has 0 bridgehead atoms. The number of fused-ring (bicyclic) bond motifs is 1. The summed E-state index contributed by atoms with van der Waals surface area (Å²) in [6.45, 7) is 7.39. The summed E-state index contributed by atoms with van der Waals surface area (Å²) in [5.41, 5.74) is 4.71. The molecule has 0 amide bonds. The quantitative estimate of drug-likeness (QED) is 0.591. The monoisotopic (exact) mass is 440 g/mol. The SMILES string of the molecule is Cc1ccc(S(=O)(=O)N2CCCCC2)cc1NCc1cc(=O)oc2c(C)c(C)ccc12. The van der Waals surface area contributed by atoms with Crippen molar-refractivity contribution in [2.45, 2.75) is 51.5 Å². The summed E-state index contributed by atoms with van der Waals surface area (Å²) in [4.78, 5) is 12.4. The van der Waals surface area contributed by atoms with Gasteiger partial charge < -0.3 is 9.73 Å². The van der Waals surface area contributed by atoms with Crippen LogP contribution in [0.25, 0.3) is 11.0 Å². The van der Waals surface area contributed by atoms with Crippen LogP contribution in [0.3, 0.4) is 0 Å². The third-order valence-electron chi connectivity index (χ3n) is 6.15. The Kier molecular flexibility index (Phi) is 5.90. The smallest absolute Gasteiger partial charge is 0.336 e. The van der Waals surface area contributed by atoms with Crippen LogP contribution in [0.4, 0.5) is 5.69 Å². The lowest BCUT2D eigenvalue weighted by molar-refractivity contribution is 0.346. The number of piperidine rings is 1.